The Morgan fingerprint density at radius 3 is 2.55 bits per heavy atom. The van der Waals surface area contributed by atoms with Crippen molar-refractivity contribution in [1.82, 2.24) is 9.78 Å². The van der Waals surface area contributed by atoms with Gasteiger partial charge in [-0.15, -0.1) is 0 Å². The maximum absolute atomic E-state index is 12.1. The van der Waals surface area contributed by atoms with Gasteiger partial charge in [-0.2, -0.15) is 5.10 Å². The van der Waals surface area contributed by atoms with Crippen LogP contribution in [0.3, 0.4) is 0 Å². The Kier molecular flexibility index (Phi) is 3.79. The van der Waals surface area contributed by atoms with Crippen molar-refractivity contribution in [3.8, 4) is 0 Å². The van der Waals surface area contributed by atoms with Crippen molar-refractivity contribution in [1.29, 1.82) is 0 Å². The molecular formula is C17H19N3O2. The third-order valence-corrected chi connectivity index (χ3v) is 3.68. The summed E-state index contributed by atoms with van der Waals surface area (Å²) in [5.41, 5.74) is 3.57. The van der Waals surface area contributed by atoms with E-state index in [1.54, 1.807) is 6.07 Å². The maximum Gasteiger partial charge on any atom is 0.267 e. The van der Waals surface area contributed by atoms with E-state index >= 15 is 0 Å². The van der Waals surface area contributed by atoms with Gasteiger partial charge in [-0.1, -0.05) is 6.07 Å². The van der Waals surface area contributed by atoms with E-state index in [0.29, 0.717) is 5.92 Å². The Hall–Kier alpha value is -2.43. The Morgan fingerprint density at radius 2 is 1.91 bits per heavy atom. The van der Waals surface area contributed by atoms with Gasteiger partial charge in [0.15, 0.2) is 0 Å². The molecule has 0 spiro atoms. The summed E-state index contributed by atoms with van der Waals surface area (Å²) in [5, 5.41) is 7.12. The van der Waals surface area contributed by atoms with E-state index in [1.807, 2.05) is 32.0 Å². The minimum atomic E-state index is -0.250. The van der Waals surface area contributed by atoms with Gasteiger partial charge in [-0.3, -0.25) is 9.59 Å². The van der Waals surface area contributed by atoms with Crippen LogP contribution in [-0.2, 0) is 11.3 Å². The van der Waals surface area contributed by atoms with Crippen LogP contribution in [0.15, 0.2) is 35.1 Å². The van der Waals surface area contributed by atoms with Crippen LogP contribution in [0.5, 0.6) is 0 Å². The van der Waals surface area contributed by atoms with Crippen LogP contribution < -0.4 is 10.9 Å². The van der Waals surface area contributed by atoms with Crippen LogP contribution in [0.1, 0.15) is 35.6 Å². The fourth-order valence-electron chi connectivity index (χ4n) is 2.56. The molecule has 0 saturated heterocycles. The number of amides is 1. The van der Waals surface area contributed by atoms with E-state index in [9.17, 15) is 9.59 Å². The molecule has 1 heterocycles. The van der Waals surface area contributed by atoms with E-state index in [2.05, 4.69) is 10.4 Å². The van der Waals surface area contributed by atoms with Crippen molar-refractivity contribution >= 4 is 11.6 Å². The Labute approximate surface area is 129 Å². The van der Waals surface area contributed by atoms with Gasteiger partial charge in [-0.25, -0.2) is 4.68 Å². The van der Waals surface area contributed by atoms with Crippen LogP contribution >= 0.6 is 0 Å². The molecule has 22 heavy (non-hydrogen) atoms. The Morgan fingerprint density at radius 1 is 1.23 bits per heavy atom. The first-order valence-electron chi connectivity index (χ1n) is 7.47. The summed E-state index contributed by atoms with van der Waals surface area (Å²) in [4.78, 5) is 24.0. The number of aryl methyl sites for hydroxylation is 2. The monoisotopic (exact) mass is 297 g/mol. The average molecular weight is 297 g/mol. The molecule has 0 radical (unpaired) electrons. The predicted octanol–water partition coefficient (Wildman–Crippen LogP) is 2.38. The van der Waals surface area contributed by atoms with Crippen molar-refractivity contribution in [3.05, 3.63) is 57.5 Å². The summed E-state index contributed by atoms with van der Waals surface area (Å²) in [5.74, 6) is 0.210. The first kappa shape index (κ1) is 14.5. The summed E-state index contributed by atoms with van der Waals surface area (Å²) in [6, 6.07) is 9.10. The zero-order valence-corrected chi connectivity index (χ0v) is 12.8. The fraction of sp³-hybridized carbons (Fsp3) is 0.353. The molecule has 1 amide bonds. The molecule has 1 aliphatic carbocycles. The number of benzene rings is 1. The number of carbonyl (C=O) groups is 1. The van der Waals surface area contributed by atoms with Crippen LogP contribution in [-0.4, -0.2) is 15.7 Å². The highest BCUT2D eigenvalue weighted by atomic mass is 16.2. The number of anilines is 1. The second-order valence-corrected chi connectivity index (χ2v) is 5.95. The number of aromatic nitrogens is 2. The molecular weight excluding hydrogens is 278 g/mol. The van der Waals surface area contributed by atoms with E-state index in [-0.39, 0.29) is 18.0 Å². The minimum absolute atomic E-state index is 0.0631. The Balaban J connectivity index is 1.73. The third-order valence-electron chi connectivity index (χ3n) is 3.68. The topological polar surface area (TPSA) is 64.0 Å². The Bertz CT molecular complexity index is 755. The fourth-order valence-corrected chi connectivity index (χ4v) is 2.56. The second-order valence-electron chi connectivity index (χ2n) is 5.95. The largest absolute Gasteiger partial charge is 0.324 e. The van der Waals surface area contributed by atoms with Gasteiger partial charge in [0.25, 0.3) is 5.56 Å². The molecule has 0 atom stereocenters. The van der Waals surface area contributed by atoms with Crippen molar-refractivity contribution in [3.63, 3.8) is 0 Å². The van der Waals surface area contributed by atoms with Crippen molar-refractivity contribution in [2.45, 2.75) is 39.2 Å². The molecule has 5 nitrogen and oxygen atoms in total. The second kappa shape index (κ2) is 5.75. The first-order valence-corrected chi connectivity index (χ1v) is 7.47. The van der Waals surface area contributed by atoms with Gasteiger partial charge in [0.05, 0.1) is 5.69 Å². The third kappa shape index (κ3) is 3.42. The van der Waals surface area contributed by atoms with Gasteiger partial charge in [0.1, 0.15) is 6.54 Å². The lowest BCUT2D eigenvalue weighted by atomic mass is 10.1. The van der Waals surface area contributed by atoms with Crippen LogP contribution in [0.4, 0.5) is 5.69 Å². The zero-order valence-electron chi connectivity index (χ0n) is 12.8. The quantitative estimate of drug-likeness (QED) is 0.942. The molecule has 3 rings (SSSR count). The molecule has 2 aromatic rings. The molecule has 1 aliphatic rings. The van der Waals surface area contributed by atoms with E-state index in [0.717, 1.165) is 35.3 Å². The van der Waals surface area contributed by atoms with Crippen LogP contribution in [0, 0.1) is 13.8 Å². The van der Waals surface area contributed by atoms with Gasteiger partial charge in [-0.05, 0) is 56.0 Å². The normalized spacial score (nSPS) is 13.9. The minimum Gasteiger partial charge on any atom is -0.324 e. The molecule has 1 aromatic heterocycles. The van der Waals surface area contributed by atoms with E-state index < -0.39 is 0 Å². The number of carbonyl (C=O) groups excluding carboxylic acids is 1. The van der Waals surface area contributed by atoms with E-state index in [1.165, 1.54) is 10.7 Å². The number of nitrogens with one attached hydrogen (secondary N) is 1. The molecule has 1 N–H and O–H groups in total. The lowest BCUT2D eigenvalue weighted by molar-refractivity contribution is -0.117. The molecule has 5 heteroatoms. The van der Waals surface area contributed by atoms with Crippen LogP contribution in [0.25, 0.3) is 0 Å². The number of nitrogens with zero attached hydrogens (tertiary/aromatic N) is 2. The lowest BCUT2D eigenvalue weighted by Gasteiger charge is -2.09. The van der Waals surface area contributed by atoms with Gasteiger partial charge >= 0.3 is 0 Å². The molecule has 0 bridgehead atoms. The standard InChI is InChI=1S/C17H19N3O2/c1-11-7-12(2)9-14(8-11)18-16(21)10-20-17(22)6-5-15(19-20)13-3-4-13/h5-9,13H,3-4,10H2,1-2H3,(H,18,21). The highest BCUT2D eigenvalue weighted by Gasteiger charge is 2.25. The summed E-state index contributed by atoms with van der Waals surface area (Å²) in [6.45, 7) is 3.90. The molecule has 1 fully saturated rings. The summed E-state index contributed by atoms with van der Waals surface area (Å²) in [7, 11) is 0. The summed E-state index contributed by atoms with van der Waals surface area (Å²) in [6.07, 6.45) is 2.22. The molecule has 1 saturated carbocycles. The van der Waals surface area contributed by atoms with Crippen molar-refractivity contribution in [2.75, 3.05) is 5.32 Å². The highest BCUT2D eigenvalue weighted by Crippen LogP contribution is 2.38. The molecule has 1 aromatic carbocycles. The molecule has 0 aliphatic heterocycles. The molecule has 114 valence electrons. The number of hydrogen-bond acceptors (Lipinski definition) is 3. The molecule has 0 unspecified atom stereocenters. The van der Waals surface area contributed by atoms with Gasteiger partial charge < -0.3 is 5.32 Å². The summed E-state index contributed by atoms with van der Waals surface area (Å²) < 4.78 is 1.24. The first-order chi connectivity index (χ1) is 10.5. The lowest BCUT2D eigenvalue weighted by Crippen LogP contribution is -2.29. The SMILES string of the molecule is Cc1cc(C)cc(NC(=O)Cn2nc(C3CC3)ccc2=O)c1. The number of rotatable bonds is 4. The van der Waals surface area contributed by atoms with Crippen molar-refractivity contribution < 1.29 is 4.79 Å². The zero-order chi connectivity index (χ0) is 15.7. The maximum atomic E-state index is 12.1. The smallest absolute Gasteiger partial charge is 0.267 e. The predicted molar refractivity (Wildman–Crippen MR) is 85.0 cm³/mol. The van der Waals surface area contributed by atoms with Gasteiger partial charge in [0.2, 0.25) is 5.91 Å². The van der Waals surface area contributed by atoms with Crippen LogP contribution in [0.2, 0.25) is 0 Å². The number of hydrogen-bond donors (Lipinski definition) is 1. The highest BCUT2D eigenvalue weighted by molar-refractivity contribution is 5.90. The van der Waals surface area contributed by atoms with E-state index in [4.69, 9.17) is 0 Å². The summed E-state index contributed by atoms with van der Waals surface area (Å²) >= 11 is 0. The average Bonchev–Trinajstić information content (AvgIpc) is 3.24. The van der Waals surface area contributed by atoms with Gasteiger partial charge in [0, 0.05) is 17.7 Å². The van der Waals surface area contributed by atoms with Crippen molar-refractivity contribution in [2.24, 2.45) is 0 Å².